The molecular weight excluding hydrogens is 248 g/mol. The highest BCUT2D eigenvalue weighted by Gasteiger charge is 2.26. The molecule has 1 aliphatic heterocycles. The fourth-order valence-electron chi connectivity index (χ4n) is 3.35. The van der Waals surface area contributed by atoms with Gasteiger partial charge >= 0.3 is 0 Å². The maximum Gasteiger partial charge on any atom is 0.131 e. The van der Waals surface area contributed by atoms with Crippen molar-refractivity contribution >= 4 is 5.82 Å². The van der Waals surface area contributed by atoms with Gasteiger partial charge in [0, 0.05) is 31.7 Å². The SMILES string of the molecule is CCCNCc1c(C)nn(C)c1N1CCCCC1CC. The number of nitrogens with one attached hydrogen (secondary N) is 1. The summed E-state index contributed by atoms with van der Waals surface area (Å²) >= 11 is 0. The summed E-state index contributed by atoms with van der Waals surface area (Å²) < 4.78 is 2.09. The second kappa shape index (κ2) is 7.11. The summed E-state index contributed by atoms with van der Waals surface area (Å²) in [5.74, 6) is 1.35. The molecule has 1 atom stereocenters. The van der Waals surface area contributed by atoms with Crippen LogP contribution >= 0.6 is 0 Å². The lowest BCUT2D eigenvalue weighted by atomic mass is 9.99. The zero-order valence-corrected chi connectivity index (χ0v) is 13.6. The molecule has 0 saturated carbocycles. The first-order chi connectivity index (χ1) is 9.69. The highest BCUT2D eigenvalue weighted by atomic mass is 15.4. The lowest BCUT2D eigenvalue weighted by Crippen LogP contribution is -2.41. The summed E-state index contributed by atoms with van der Waals surface area (Å²) in [7, 11) is 2.09. The Hall–Kier alpha value is -1.03. The summed E-state index contributed by atoms with van der Waals surface area (Å²) in [6.07, 6.45) is 6.41. The Kier molecular flexibility index (Phi) is 5.46. The first-order valence-electron chi connectivity index (χ1n) is 8.18. The van der Waals surface area contributed by atoms with Crippen molar-refractivity contribution in [2.75, 3.05) is 18.0 Å². The average Bonchev–Trinajstić information content (AvgIpc) is 2.73. The summed E-state index contributed by atoms with van der Waals surface area (Å²) in [4.78, 5) is 2.60. The average molecular weight is 278 g/mol. The Labute approximate surface area is 123 Å². The van der Waals surface area contributed by atoms with Crippen molar-refractivity contribution in [3.05, 3.63) is 11.3 Å². The first kappa shape index (κ1) is 15.4. The molecule has 1 fully saturated rings. The molecule has 1 aromatic rings. The van der Waals surface area contributed by atoms with Crippen LogP contribution in [0.4, 0.5) is 5.82 Å². The monoisotopic (exact) mass is 278 g/mol. The number of hydrogen-bond donors (Lipinski definition) is 1. The Morgan fingerprint density at radius 3 is 2.80 bits per heavy atom. The lowest BCUT2D eigenvalue weighted by molar-refractivity contribution is 0.439. The molecule has 1 aliphatic rings. The van der Waals surface area contributed by atoms with Crippen LogP contribution in [0.5, 0.6) is 0 Å². The molecule has 4 heteroatoms. The van der Waals surface area contributed by atoms with E-state index in [4.69, 9.17) is 0 Å². The topological polar surface area (TPSA) is 33.1 Å². The van der Waals surface area contributed by atoms with E-state index in [2.05, 4.69) is 47.8 Å². The Balaban J connectivity index is 2.24. The van der Waals surface area contributed by atoms with E-state index in [0.29, 0.717) is 6.04 Å². The van der Waals surface area contributed by atoms with Gasteiger partial charge in [0.2, 0.25) is 0 Å². The molecule has 0 aliphatic carbocycles. The highest BCUT2D eigenvalue weighted by molar-refractivity contribution is 5.51. The molecule has 2 rings (SSSR count). The summed E-state index contributed by atoms with van der Waals surface area (Å²) in [6, 6.07) is 0.684. The maximum atomic E-state index is 4.67. The Morgan fingerprint density at radius 1 is 1.30 bits per heavy atom. The molecule has 0 bridgehead atoms. The fraction of sp³-hybridized carbons (Fsp3) is 0.812. The second-order valence-electron chi connectivity index (χ2n) is 5.94. The van der Waals surface area contributed by atoms with Crippen molar-refractivity contribution < 1.29 is 0 Å². The van der Waals surface area contributed by atoms with E-state index in [0.717, 1.165) is 13.1 Å². The third kappa shape index (κ3) is 3.17. The molecule has 1 aromatic heterocycles. The van der Waals surface area contributed by atoms with Gasteiger partial charge in [-0.25, -0.2) is 0 Å². The summed E-state index contributed by atoms with van der Waals surface area (Å²) in [5.41, 5.74) is 2.56. The second-order valence-corrected chi connectivity index (χ2v) is 5.94. The van der Waals surface area contributed by atoms with Gasteiger partial charge in [0.1, 0.15) is 5.82 Å². The van der Waals surface area contributed by atoms with Gasteiger partial charge in [0.05, 0.1) is 5.69 Å². The van der Waals surface area contributed by atoms with Crippen molar-refractivity contribution in [1.82, 2.24) is 15.1 Å². The van der Waals surface area contributed by atoms with Crippen molar-refractivity contribution in [2.24, 2.45) is 7.05 Å². The van der Waals surface area contributed by atoms with Crippen LogP contribution in [0.2, 0.25) is 0 Å². The number of aryl methyl sites for hydroxylation is 2. The predicted octanol–water partition coefficient (Wildman–Crippen LogP) is 3.00. The number of aromatic nitrogens is 2. The minimum Gasteiger partial charge on any atom is -0.354 e. The minimum atomic E-state index is 0.684. The van der Waals surface area contributed by atoms with Crippen LogP contribution in [-0.2, 0) is 13.6 Å². The van der Waals surface area contributed by atoms with Gasteiger partial charge in [-0.05, 0) is 45.6 Å². The van der Waals surface area contributed by atoms with E-state index in [1.165, 1.54) is 55.7 Å². The summed E-state index contributed by atoms with van der Waals surface area (Å²) in [6.45, 7) is 9.85. The lowest BCUT2D eigenvalue weighted by Gasteiger charge is -2.37. The molecule has 2 heterocycles. The molecule has 114 valence electrons. The number of rotatable bonds is 6. The Morgan fingerprint density at radius 2 is 2.10 bits per heavy atom. The van der Waals surface area contributed by atoms with E-state index < -0.39 is 0 Å². The molecule has 1 unspecified atom stereocenters. The highest BCUT2D eigenvalue weighted by Crippen LogP contribution is 2.30. The predicted molar refractivity (Wildman–Crippen MR) is 85.2 cm³/mol. The van der Waals surface area contributed by atoms with Crippen molar-refractivity contribution in [3.63, 3.8) is 0 Å². The normalized spacial score (nSPS) is 19.6. The van der Waals surface area contributed by atoms with Crippen LogP contribution in [0.25, 0.3) is 0 Å². The minimum absolute atomic E-state index is 0.684. The van der Waals surface area contributed by atoms with Crippen LogP contribution < -0.4 is 10.2 Å². The summed E-state index contributed by atoms with van der Waals surface area (Å²) in [5, 5.41) is 8.21. The molecule has 20 heavy (non-hydrogen) atoms. The van der Waals surface area contributed by atoms with Gasteiger partial charge in [0.15, 0.2) is 0 Å². The first-order valence-corrected chi connectivity index (χ1v) is 8.18. The molecule has 0 amide bonds. The smallest absolute Gasteiger partial charge is 0.131 e. The van der Waals surface area contributed by atoms with Gasteiger partial charge < -0.3 is 10.2 Å². The van der Waals surface area contributed by atoms with Gasteiger partial charge in [0.25, 0.3) is 0 Å². The van der Waals surface area contributed by atoms with Gasteiger partial charge in [-0.1, -0.05) is 13.8 Å². The molecule has 1 N–H and O–H groups in total. The van der Waals surface area contributed by atoms with Gasteiger partial charge in [-0.15, -0.1) is 0 Å². The Bertz CT molecular complexity index is 424. The largest absolute Gasteiger partial charge is 0.354 e. The number of hydrogen-bond acceptors (Lipinski definition) is 3. The molecule has 0 spiro atoms. The fourth-order valence-corrected chi connectivity index (χ4v) is 3.35. The van der Waals surface area contributed by atoms with E-state index in [1.54, 1.807) is 0 Å². The van der Waals surface area contributed by atoms with Crippen LogP contribution in [0.3, 0.4) is 0 Å². The number of nitrogens with zero attached hydrogens (tertiary/aromatic N) is 3. The molecular formula is C16H30N4. The molecule has 0 radical (unpaired) electrons. The standard InChI is InChI=1S/C16H30N4/c1-5-10-17-12-15-13(3)18-19(4)16(15)20-11-8-7-9-14(20)6-2/h14,17H,5-12H2,1-4H3. The van der Waals surface area contributed by atoms with E-state index in [1.807, 2.05) is 0 Å². The van der Waals surface area contributed by atoms with E-state index >= 15 is 0 Å². The molecule has 1 saturated heterocycles. The van der Waals surface area contributed by atoms with E-state index in [-0.39, 0.29) is 0 Å². The van der Waals surface area contributed by atoms with Crippen molar-refractivity contribution in [1.29, 1.82) is 0 Å². The van der Waals surface area contributed by atoms with Crippen LogP contribution in [0.15, 0.2) is 0 Å². The van der Waals surface area contributed by atoms with Crippen LogP contribution in [-0.4, -0.2) is 28.9 Å². The molecule has 0 aromatic carbocycles. The maximum absolute atomic E-state index is 4.67. The third-order valence-electron chi connectivity index (χ3n) is 4.41. The van der Waals surface area contributed by atoms with Crippen molar-refractivity contribution in [2.45, 2.75) is 65.5 Å². The quantitative estimate of drug-likeness (QED) is 0.812. The van der Waals surface area contributed by atoms with Gasteiger partial charge in [-0.3, -0.25) is 4.68 Å². The van der Waals surface area contributed by atoms with Crippen LogP contribution in [0, 0.1) is 6.92 Å². The molecule has 4 nitrogen and oxygen atoms in total. The number of anilines is 1. The number of piperidine rings is 1. The third-order valence-corrected chi connectivity index (χ3v) is 4.41. The zero-order chi connectivity index (χ0) is 14.5. The van der Waals surface area contributed by atoms with E-state index in [9.17, 15) is 0 Å². The van der Waals surface area contributed by atoms with Crippen LogP contribution in [0.1, 0.15) is 57.2 Å². The van der Waals surface area contributed by atoms with Gasteiger partial charge in [-0.2, -0.15) is 5.10 Å². The van der Waals surface area contributed by atoms with Crippen molar-refractivity contribution in [3.8, 4) is 0 Å². The zero-order valence-electron chi connectivity index (χ0n) is 13.6.